The Morgan fingerprint density at radius 2 is 1.90 bits per heavy atom. The van der Waals surface area contributed by atoms with E-state index in [9.17, 15) is 9.90 Å². The second-order valence-corrected chi connectivity index (χ2v) is 5.08. The monoisotopic (exact) mass is 295 g/mol. The second kappa shape index (κ2) is 7.00. The average Bonchev–Trinajstić information content (AvgIpc) is 2.75. The molecule has 1 aliphatic carbocycles. The number of methoxy groups -OCH3 is 2. The largest absolute Gasteiger partial charge is 0.469 e. The summed E-state index contributed by atoms with van der Waals surface area (Å²) >= 11 is 0. The zero-order valence-electron chi connectivity index (χ0n) is 12.1. The van der Waals surface area contributed by atoms with Crippen LogP contribution in [0, 0.1) is 5.92 Å². The zero-order valence-corrected chi connectivity index (χ0v) is 12.1. The van der Waals surface area contributed by atoms with Crippen LogP contribution in [0.2, 0.25) is 0 Å². The highest BCUT2D eigenvalue weighted by atomic mass is 16.5. The Morgan fingerprint density at radius 1 is 1.24 bits per heavy atom. The third kappa shape index (κ3) is 3.24. The molecule has 1 fully saturated rings. The van der Waals surface area contributed by atoms with Gasteiger partial charge in [0.2, 0.25) is 0 Å². The van der Waals surface area contributed by atoms with Gasteiger partial charge in [-0.3, -0.25) is 4.79 Å². The SMILES string of the molecule is COC(=O)[C@H]1[C@H](N)[C@@H](OC)[C@@H](O)[C@@H]1OCc1ccccc1. The third-order valence-corrected chi connectivity index (χ3v) is 3.85. The van der Waals surface area contributed by atoms with Gasteiger partial charge in [-0.05, 0) is 5.56 Å². The maximum absolute atomic E-state index is 11.9. The predicted molar refractivity (Wildman–Crippen MR) is 75.3 cm³/mol. The normalized spacial score (nSPS) is 32.1. The maximum atomic E-state index is 11.9. The molecule has 0 bridgehead atoms. The highest BCUT2D eigenvalue weighted by Crippen LogP contribution is 2.31. The van der Waals surface area contributed by atoms with Crippen LogP contribution in [0.25, 0.3) is 0 Å². The highest BCUT2D eigenvalue weighted by molar-refractivity contribution is 5.75. The lowest BCUT2D eigenvalue weighted by Crippen LogP contribution is -2.42. The van der Waals surface area contributed by atoms with Gasteiger partial charge in [-0.15, -0.1) is 0 Å². The number of aliphatic hydroxyl groups is 1. The van der Waals surface area contributed by atoms with E-state index in [1.807, 2.05) is 30.3 Å². The number of esters is 1. The molecular weight excluding hydrogens is 274 g/mol. The molecule has 0 amide bonds. The molecule has 116 valence electrons. The van der Waals surface area contributed by atoms with Crippen molar-refractivity contribution in [3.63, 3.8) is 0 Å². The molecule has 0 radical (unpaired) electrons. The van der Waals surface area contributed by atoms with Crippen molar-refractivity contribution in [3.05, 3.63) is 35.9 Å². The number of carbonyl (C=O) groups excluding carboxylic acids is 1. The molecule has 1 saturated carbocycles. The Morgan fingerprint density at radius 3 is 2.48 bits per heavy atom. The molecule has 0 spiro atoms. The van der Waals surface area contributed by atoms with Crippen molar-refractivity contribution < 1.29 is 24.1 Å². The van der Waals surface area contributed by atoms with Crippen LogP contribution < -0.4 is 5.73 Å². The number of nitrogens with two attached hydrogens (primary N) is 1. The van der Waals surface area contributed by atoms with Crippen molar-refractivity contribution >= 4 is 5.97 Å². The van der Waals surface area contributed by atoms with E-state index in [4.69, 9.17) is 19.9 Å². The fraction of sp³-hybridized carbons (Fsp3) is 0.533. The first kappa shape index (κ1) is 15.9. The van der Waals surface area contributed by atoms with Gasteiger partial charge in [-0.1, -0.05) is 30.3 Å². The van der Waals surface area contributed by atoms with Crippen LogP contribution in [0.15, 0.2) is 30.3 Å². The molecule has 5 atom stereocenters. The first-order valence-corrected chi connectivity index (χ1v) is 6.80. The standard InChI is InChI=1S/C15H21NO5/c1-19-14-11(16)10(15(18)20-2)13(12(14)17)21-8-9-6-4-3-5-7-9/h3-7,10-14,17H,8,16H2,1-2H3/t10-,11-,12-,13+,14+/m0/s1. The molecule has 0 saturated heterocycles. The summed E-state index contributed by atoms with van der Waals surface area (Å²) in [4.78, 5) is 11.9. The Kier molecular flexibility index (Phi) is 5.30. The van der Waals surface area contributed by atoms with Crippen molar-refractivity contribution in [2.75, 3.05) is 14.2 Å². The van der Waals surface area contributed by atoms with Crippen LogP contribution in [0.3, 0.4) is 0 Å². The first-order valence-electron chi connectivity index (χ1n) is 6.80. The summed E-state index contributed by atoms with van der Waals surface area (Å²) in [6, 6.07) is 8.83. The molecule has 0 heterocycles. The summed E-state index contributed by atoms with van der Waals surface area (Å²) in [6.45, 7) is 0.277. The summed E-state index contributed by atoms with van der Waals surface area (Å²) in [5.41, 5.74) is 6.94. The van der Waals surface area contributed by atoms with Crippen molar-refractivity contribution in [3.8, 4) is 0 Å². The molecule has 1 aromatic carbocycles. The van der Waals surface area contributed by atoms with E-state index in [0.717, 1.165) is 5.56 Å². The van der Waals surface area contributed by atoms with Crippen LogP contribution >= 0.6 is 0 Å². The van der Waals surface area contributed by atoms with Gasteiger partial charge >= 0.3 is 5.97 Å². The van der Waals surface area contributed by atoms with E-state index < -0.39 is 36.2 Å². The minimum absolute atomic E-state index is 0.277. The van der Waals surface area contributed by atoms with Gasteiger partial charge in [0.05, 0.1) is 13.7 Å². The smallest absolute Gasteiger partial charge is 0.313 e. The van der Waals surface area contributed by atoms with Gasteiger partial charge in [0.25, 0.3) is 0 Å². The summed E-state index contributed by atoms with van der Waals surface area (Å²) in [5.74, 6) is -1.25. The van der Waals surface area contributed by atoms with Crippen molar-refractivity contribution in [2.45, 2.75) is 31.0 Å². The van der Waals surface area contributed by atoms with E-state index in [1.54, 1.807) is 0 Å². The number of rotatable bonds is 5. The van der Waals surface area contributed by atoms with Crippen molar-refractivity contribution in [1.82, 2.24) is 0 Å². The Hall–Kier alpha value is -1.47. The van der Waals surface area contributed by atoms with E-state index in [-0.39, 0.29) is 6.61 Å². The van der Waals surface area contributed by atoms with E-state index in [0.29, 0.717) is 0 Å². The summed E-state index contributed by atoms with van der Waals surface area (Å²) < 4.78 is 15.7. The number of hydrogen-bond donors (Lipinski definition) is 2. The van der Waals surface area contributed by atoms with Gasteiger partial charge in [0.15, 0.2) is 0 Å². The number of hydrogen-bond acceptors (Lipinski definition) is 6. The molecular formula is C15H21NO5. The molecule has 1 aromatic rings. The van der Waals surface area contributed by atoms with Crippen LogP contribution in [-0.4, -0.2) is 49.6 Å². The fourth-order valence-corrected chi connectivity index (χ4v) is 2.74. The average molecular weight is 295 g/mol. The number of carbonyl (C=O) groups is 1. The quantitative estimate of drug-likeness (QED) is 0.748. The molecule has 0 unspecified atom stereocenters. The molecule has 6 nitrogen and oxygen atoms in total. The maximum Gasteiger partial charge on any atom is 0.313 e. The second-order valence-electron chi connectivity index (χ2n) is 5.08. The van der Waals surface area contributed by atoms with Gasteiger partial charge in [-0.25, -0.2) is 0 Å². The molecule has 21 heavy (non-hydrogen) atoms. The predicted octanol–water partition coefficient (Wildman–Crippen LogP) is 0.0778. The minimum Gasteiger partial charge on any atom is -0.469 e. The van der Waals surface area contributed by atoms with E-state index in [2.05, 4.69) is 0 Å². The molecule has 2 rings (SSSR count). The molecule has 0 aromatic heterocycles. The number of aliphatic hydroxyl groups excluding tert-OH is 1. The third-order valence-electron chi connectivity index (χ3n) is 3.85. The topological polar surface area (TPSA) is 91.0 Å². The lowest BCUT2D eigenvalue weighted by Gasteiger charge is -2.21. The Bertz CT molecular complexity index is 466. The molecule has 0 aliphatic heterocycles. The van der Waals surface area contributed by atoms with Gasteiger partial charge in [0.1, 0.15) is 24.2 Å². The summed E-state index contributed by atoms with van der Waals surface area (Å²) in [7, 11) is 2.73. The number of benzene rings is 1. The van der Waals surface area contributed by atoms with Crippen molar-refractivity contribution in [1.29, 1.82) is 0 Å². The van der Waals surface area contributed by atoms with Crippen LogP contribution in [0.5, 0.6) is 0 Å². The number of ether oxygens (including phenoxy) is 3. The summed E-state index contributed by atoms with van der Waals surface area (Å²) in [5, 5.41) is 10.3. The first-order chi connectivity index (χ1) is 10.1. The molecule has 1 aliphatic rings. The van der Waals surface area contributed by atoms with E-state index >= 15 is 0 Å². The molecule has 3 N–H and O–H groups in total. The van der Waals surface area contributed by atoms with E-state index in [1.165, 1.54) is 14.2 Å². The zero-order chi connectivity index (χ0) is 15.4. The highest BCUT2D eigenvalue weighted by Gasteiger charge is 2.53. The lowest BCUT2D eigenvalue weighted by atomic mass is 10.0. The van der Waals surface area contributed by atoms with Crippen LogP contribution in [0.4, 0.5) is 0 Å². The summed E-state index contributed by atoms with van der Waals surface area (Å²) in [6.07, 6.45) is -2.38. The fourth-order valence-electron chi connectivity index (χ4n) is 2.74. The minimum atomic E-state index is -0.974. The lowest BCUT2D eigenvalue weighted by molar-refractivity contribution is -0.153. The van der Waals surface area contributed by atoms with Crippen LogP contribution in [0.1, 0.15) is 5.56 Å². The van der Waals surface area contributed by atoms with Gasteiger partial charge < -0.3 is 25.1 Å². The Balaban J connectivity index is 2.12. The van der Waals surface area contributed by atoms with Crippen LogP contribution in [-0.2, 0) is 25.6 Å². The van der Waals surface area contributed by atoms with Gasteiger partial charge in [0, 0.05) is 13.2 Å². The molecule has 6 heteroatoms. The van der Waals surface area contributed by atoms with Gasteiger partial charge in [-0.2, -0.15) is 0 Å². The van der Waals surface area contributed by atoms with Crippen molar-refractivity contribution in [2.24, 2.45) is 11.7 Å². The Labute approximate surface area is 123 Å².